The Morgan fingerprint density at radius 3 is 1.35 bits per heavy atom. The number of allylic oxidation sites excluding steroid dienone is 2. The number of ether oxygens (including phenoxy) is 2. The van der Waals surface area contributed by atoms with Crippen LogP contribution in [0, 0.1) is 0 Å². The van der Waals surface area contributed by atoms with Gasteiger partial charge < -0.3 is 50.5 Å². The molecule has 1 heterocycles. The summed E-state index contributed by atoms with van der Waals surface area (Å²) < 4.78 is 11.1. The van der Waals surface area contributed by atoms with Gasteiger partial charge in [-0.15, -0.1) is 0 Å². The third kappa shape index (κ3) is 30.1. The topological polar surface area (TPSA) is 189 Å². The number of amides is 1. The van der Waals surface area contributed by atoms with Gasteiger partial charge in [0.25, 0.3) is 0 Å². The fraction of sp³-hybridized carbons (Fsp3) is 0.941. The minimum Gasteiger partial charge on any atom is -0.394 e. The van der Waals surface area contributed by atoms with Crippen LogP contribution in [0.1, 0.15) is 239 Å². The average molecular weight is 886 g/mol. The number of hydrogen-bond acceptors (Lipinski definition) is 10. The first-order chi connectivity index (χ1) is 30.2. The predicted octanol–water partition coefficient (Wildman–Crippen LogP) is 9.62. The molecular weight excluding hydrogens is 787 g/mol. The molecule has 9 unspecified atom stereocenters. The summed E-state index contributed by atoms with van der Waals surface area (Å²) in [5.74, 6) is -0.699. The lowest BCUT2D eigenvalue weighted by molar-refractivity contribution is -0.303. The Hall–Kier alpha value is -1.15. The van der Waals surface area contributed by atoms with Gasteiger partial charge in [-0.1, -0.05) is 212 Å². The Labute approximate surface area is 379 Å². The van der Waals surface area contributed by atoms with Gasteiger partial charge in [0.05, 0.1) is 25.4 Å². The summed E-state index contributed by atoms with van der Waals surface area (Å²) in [6.45, 7) is 3.46. The van der Waals surface area contributed by atoms with Crippen LogP contribution in [0.25, 0.3) is 0 Å². The maximum atomic E-state index is 13.1. The van der Waals surface area contributed by atoms with Gasteiger partial charge in [0.15, 0.2) is 6.29 Å². The van der Waals surface area contributed by atoms with Gasteiger partial charge in [0.2, 0.25) is 5.91 Å². The van der Waals surface area contributed by atoms with Gasteiger partial charge in [-0.2, -0.15) is 0 Å². The highest BCUT2D eigenvalue weighted by molar-refractivity contribution is 5.80. The maximum Gasteiger partial charge on any atom is 0.249 e. The molecule has 0 saturated carbocycles. The summed E-state index contributed by atoms with van der Waals surface area (Å²) in [7, 11) is 0. The molecule has 0 aromatic rings. The first-order valence-corrected chi connectivity index (χ1v) is 26.1. The molecule has 0 aliphatic carbocycles. The molecule has 11 heteroatoms. The second-order valence-corrected chi connectivity index (χ2v) is 18.6. The van der Waals surface area contributed by atoms with E-state index in [1.165, 1.54) is 148 Å². The van der Waals surface area contributed by atoms with Crippen LogP contribution >= 0.6 is 0 Å². The van der Waals surface area contributed by atoms with Crippen LogP contribution in [0.15, 0.2) is 12.2 Å². The zero-order valence-electron chi connectivity index (χ0n) is 39.9. The van der Waals surface area contributed by atoms with E-state index < -0.39 is 74.2 Å². The van der Waals surface area contributed by atoms with Crippen LogP contribution in [0.5, 0.6) is 0 Å². The molecule has 1 rings (SSSR count). The van der Waals surface area contributed by atoms with Gasteiger partial charge in [0.1, 0.15) is 36.6 Å². The number of nitrogens with one attached hydrogen (secondary N) is 1. The van der Waals surface area contributed by atoms with Crippen LogP contribution in [-0.4, -0.2) is 110 Å². The Balaban J connectivity index is 2.39. The maximum absolute atomic E-state index is 13.1. The van der Waals surface area contributed by atoms with E-state index in [-0.39, 0.29) is 6.42 Å². The zero-order chi connectivity index (χ0) is 45.5. The summed E-state index contributed by atoms with van der Waals surface area (Å²) >= 11 is 0. The molecule has 0 aromatic heterocycles. The molecule has 0 spiro atoms. The zero-order valence-corrected chi connectivity index (χ0v) is 39.9. The van der Waals surface area contributed by atoms with E-state index in [2.05, 4.69) is 31.3 Å². The van der Waals surface area contributed by atoms with Crippen molar-refractivity contribution in [3.63, 3.8) is 0 Å². The fourth-order valence-electron chi connectivity index (χ4n) is 8.50. The van der Waals surface area contributed by atoms with E-state index in [1.54, 1.807) is 0 Å². The Kier molecular flexibility index (Phi) is 39.2. The fourth-order valence-corrected chi connectivity index (χ4v) is 8.50. The monoisotopic (exact) mass is 886 g/mol. The molecule has 368 valence electrons. The lowest BCUT2D eigenvalue weighted by atomic mass is 9.98. The molecular formula is C51H99NO10. The lowest BCUT2D eigenvalue weighted by Gasteiger charge is -2.40. The first kappa shape index (κ1) is 58.9. The number of aliphatic hydroxyl groups is 7. The van der Waals surface area contributed by atoms with Gasteiger partial charge in [-0.25, -0.2) is 0 Å². The Bertz CT molecular complexity index is 1020. The number of carbonyl (C=O) groups excluding carboxylic acids is 1. The molecule has 8 N–H and O–H groups in total. The summed E-state index contributed by atoms with van der Waals surface area (Å²) in [5, 5.41) is 75.9. The summed E-state index contributed by atoms with van der Waals surface area (Å²) in [6, 6.07) is -1.17. The third-order valence-electron chi connectivity index (χ3n) is 12.8. The Morgan fingerprint density at radius 2 is 0.935 bits per heavy atom. The van der Waals surface area contributed by atoms with E-state index in [1.807, 2.05) is 0 Å². The molecule has 0 aromatic carbocycles. The van der Waals surface area contributed by atoms with Gasteiger partial charge in [0, 0.05) is 0 Å². The molecule has 0 radical (unpaired) electrons. The van der Waals surface area contributed by atoms with Crippen molar-refractivity contribution in [2.24, 2.45) is 0 Å². The van der Waals surface area contributed by atoms with Crippen molar-refractivity contribution < 1.29 is 50.0 Å². The average Bonchev–Trinajstić information content (AvgIpc) is 3.27. The summed E-state index contributed by atoms with van der Waals surface area (Å²) in [6.07, 6.45) is 33.9. The molecule has 11 nitrogen and oxygen atoms in total. The minimum atomic E-state index is -1.66. The van der Waals surface area contributed by atoms with E-state index >= 15 is 0 Å². The molecule has 1 aliphatic rings. The van der Waals surface area contributed by atoms with Crippen LogP contribution in [0.3, 0.4) is 0 Å². The molecule has 0 bridgehead atoms. The molecule has 9 atom stereocenters. The molecule has 1 amide bonds. The molecule has 62 heavy (non-hydrogen) atoms. The molecule has 1 saturated heterocycles. The quantitative estimate of drug-likeness (QED) is 0.0216. The van der Waals surface area contributed by atoms with Gasteiger partial charge in [-0.3, -0.25) is 4.79 Å². The highest BCUT2D eigenvalue weighted by atomic mass is 16.7. The highest BCUT2D eigenvalue weighted by Crippen LogP contribution is 2.23. The van der Waals surface area contributed by atoms with Crippen LogP contribution in [0.4, 0.5) is 0 Å². The number of unbranched alkanes of at least 4 members (excludes halogenated alkanes) is 30. The van der Waals surface area contributed by atoms with Crippen molar-refractivity contribution in [2.75, 3.05) is 13.2 Å². The van der Waals surface area contributed by atoms with Crippen molar-refractivity contribution >= 4 is 5.91 Å². The standard InChI is InChI=1S/C51H99NO10/c1-3-5-7-9-11-13-15-17-19-21-23-25-27-29-31-33-35-37-39-44(55)50(60)52-42(41-61-51-49(59)48(58)47(57)45(40-53)62-51)46(56)43(54)38-36-34-32-30-28-26-24-22-20-18-16-14-12-10-8-6-4-2/h21,23,42-49,51,53-59H,3-20,22,24-41H2,1-2H3,(H,52,60)/b23-21-. The van der Waals surface area contributed by atoms with Crippen molar-refractivity contribution in [1.29, 1.82) is 0 Å². The van der Waals surface area contributed by atoms with Crippen molar-refractivity contribution in [3.05, 3.63) is 12.2 Å². The molecule has 1 fully saturated rings. The number of aliphatic hydroxyl groups excluding tert-OH is 7. The second kappa shape index (κ2) is 41.3. The van der Waals surface area contributed by atoms with Crippen molar-refractivity contribution in [2.45, 2.75) is 294 Å². The number of hydrogen-bond donors (Lipinski definition) is 8. The first-order valence-electron chi connectivity index (χ1n) is 26.1. The minimum absolute atomic E-state index is 0.255. The van der Waals surface area contributed by atoms with Crippen molar-refractivity contribution in [1.82, 2.24) is 5.32 Å². The largest absolute Gasteiger partial charge is 0.394 e. The molecule has 1 aliphatic heterocycles. The lowest BCUT2D eigenvalue weighted by Crippen LogP contribution is -2.60. The number of carbonyl (C=O) groups is 1. The SMILES string of the molecule is CCCCCCCCCC/C=C\CCCCCCCCC(O)C(=O)NC(COC1OC(CO)C(O)C(O)C1O)C(O)C(O)CCCCCCCCCCCCCCCCCCC. The third-order valence-corrected chi connectivity index (χ3v) is 12.8. The highest BCUT2D eigenvalue weighted by Gasteiger charge is 2.44. The second-order valence-electron chi connectivity index (χ2n) is 18.6. The Morgan fingerprint density at radius 1 is 0.548 bits per heavy atom. The summed E-state index contributed by atoms with van der Waals surface area (Å²) in [4.78, 5) is 13.1. The van der Waals surface area contributed by atoms with Crippen LogP contribution in [-0.2, 0) is 14.3 Å². The van der Waals surface area contributed by atoms with E-state index in [0.717, 1.165) is 51.4 Å². The van der Waals surface area contributed by atoms with E-state index in [0.29, 0.717) is 19.3 Å². The normalized spacial score (nSPS) is 21.3. The summed E-state index contributed by atoms with van der Waals surface area (Å²) in [5.41, 5.74) is 0. The van der Waals surface area contributed by atoms with E-state index in [4.69, 9.17) is 9.47 Å². The van der Waals surface area contributed by atoms with Crippen molar-refractivity contribution in [3.8, 4) is 0 Å². The van der Waals surface area contributed by atoms with Gasteiger partial charge in [-0.05, 0) is 38.5 Å². The predicted molar refractivity (Wildman–Crippen MR) is 252 cm³/mol. The van der Waals surface area contributed by atoms with Crippen LogP contribution in [0.2, 0.25) is 0 Å². The van der Waals surface area contributed by atoms with Crippen LogP contribution < -0.4 is 5.32 Å². The van der Waals surface area contributed by atoms with Gasteiger partial charge >= 0.3 is 0 Å². The van der Waals surface area contributed by atoms with E-state index in [9.17, 15) is 40.5 Å². The number of rotatable bonds is 44. The smallest absolute Gasteiger partial charge is 0.249 e.